The summed E-state index contributed by atoms with van der Waals surface area (Å²) in [4.78, 5) is 9.99. The zero-order valence-electron chi connectivity index (χ0n) is 32.2. The van der Waals surface area contributed by atoms with Crippen LogP contribution < -0.4 is 0 Å². The molecular formula is C52H47N3. The fraction of sp³-hybridized carbons (Fsp3) is 0.115. The first-order valence-corrected chi connectivity index (χ1v) is 19.4. The van der Waals surface area contributed by atoms with Gasteiger partial charge in [-0.15, -0.1) is 0 Å². The van der Waals surface area contributed by atoms with Crippen LogP contribution in [0.5, 0.6) is 0 Å². The van der Waals surface area contributed by atoms with E-state index in [1.54, 1.807) is 0 Å². The van der Waals surface area contributed by atoms with Crippen molar-refractivity contribution >= 4 is 39.9 Å². The maximum absolute atomic E-state index is 5.30. The Kier molecular flexibility index (Phi) is 11.4. The molecule has 0 N–H and O–H groups in total. The van der Waals surface area contributed by atoms with Crippen molar-refractivity contribution in [2.24, 2.45) is 9.98 Å². The molecule has 1 aliphatic carbocycles. The smallest absolute Gasteiger partial charge is 0.0751 e. The van der Waals surface area contributed by atoms with Crippen molar-refractivity contribution in [3.05, 3.63) is 204 Å². The fourth-order valence-electron chi connectivity index (χ4n) is 7.65. The summed E-state index contributed by atoms with van der Waals surface area (Å²) in [6, 6.07) is 62.5. The molecule has 8 aromatic rings. The van der Waals surface area contributed by atoms with Gasteiger partial charge in [0.2, 0.25) is 0 Å². The van der Waals surface area contributed by atoms with Gasteiger partial charge in [0, 0.05) is 39.6 Å². The molecule has 3 heteroatoms. The predicted octanol–water partition coefficient (Wildman–Crippen LogP) is 13.8. The Balaban J connectivity index is 0.00000113. The molecule has 0 saturated heterocycles. The molecule has 0 unspecified atom stereocenters. The highest BCUT2D eigenvalue weighted by Crippen LogP contribution is 2.40. The lowest BCUT2D eigenvalue weighted by Crippen LogP contribution is -2.03. The molecule has 0 bridgehead atoms. The monoisotopic (exact) mass is 713 g/mol. The lowest BCUT2D eigenvalue weighted by Gasteiger charge is -2.12. The number of aromatic nitrogens is 1. The van der Waals surface area contributed by atoms with Crippen LogP contribution in [0.1, 0.15) is 49.9 Å². The Labute approximate surface area is 325 Å². The maximum atomic E-state index is 5.30. The number of hydrogen-bond donors (Lipinski definition) is 0. The van der Waals surface area contributed by atoms with Gasteiger partial charge >= 0.3 is 0 Å². The van der Waals surface area contributed by atoms with Crippen molar-refractivity contribution in [1.29, 1.82) is 0 Å². The van der Waals surface area contributed by atoms with Gasteiger partial charge in [-0.1, -0.05) is 179 Å². The van der Waals surface area contributed by atoms with E-state index < -0.39 is 0 Å². The molecule has 1 heterocycles. The molecule has 55 heavy (non-hydrogen) atoms. The zero-order valence-corrected chi connectivity index (χ0v) is 32.2. The van der Waals surface area contributed by atoms with Crippen molar-refractivity contribution in [1.82, 2.24) is 4.57 Å². The van der Waals surface area contributed by atoms with Gasteiger partial charge in [-0.2, -0.15) is 0 Å². The third-order valence-electron chi connectivity index (χ3n) is 10.0. The van der Waals surface area contributed by atoms with E-state index in [1.807, 2.05) is 39.8 Å². The van der Waals surface area contributed by atoms with E-state index in [1.165, 1.54) is 55.2 Å². The minimum atomic E-state index is 0.587. The van der Waals surface area contributed by atoms with E-state index in [2.05, 4.69) is 180 Å². The number of hydrogen-bond acceptors (Lipinski definition) is 2. The highest BCUT2D eigenvalue weighted by molar-refractivity contribution is 6.21. The molecule has 0 aliphatic heterocycles. The van der Waals surface area contributed by atoms with Gasteiger partial charge in [-0.25, -0.2) is 0 Å². The topological polar surface area (TPSA) is 29.6 Å². The summed E-state index contributed by atoms with van der Waals surface area (Å²) in [5.41, 5.74) is 15.9. The summed E-state index contributed by atoms with van der Waals surface area (Å²) in [5.74, 6) is 0. The van der Waals surface area contributed by atoms with Gasteiger partial charge in [-0.05, 0) is 64.4 Å². The Morgan fingerprint density at radius 2 is 1.09 bits per heavy atom. The van der Waals surface area contributed by atoms with Gasteiger partial charge in [0.25, 0.3) is 0 Å². The first-order valence-electron chi connectivity index (χ1n) is 19.4. The average Bonchev–Trinajstić information content (AvgIpc) is 3.81. The van der Waals surface area contributed by atoms with E-state index >= 15 is 0 Å². The Hall–Kier alpha value is -6.58. The first kappa shape index (κ1) is 36.8. The van der Waals surface area contributed by atoms with Crippen molar-refractivity contribution in [3.8, 4) is 27.9 Å². The SMILES string of the molecule is C=N/C(=C1/Cc2c(cccc2-c2cccc(-n3c4ccccc4c4ccccc43)c2)C1=NCc1ccccc1)c1ccc(-c2ccccc2)cc1.CC.CC. The Morgan fingerprint density at radius 3 is 1.75 bits per heavy atom. The van der Waals surface area contributed by atoms with Crippen LogP contribution in [0.4, 0.5) is 0 Å². The van der Waals surface area contributed by atoms with Crippen LogP contribution in [0.25, 0.3) is 55.4 Å². The Morgan fingerprint density at radius 1 is 0.545 bits per heavy atom. The fourth-order valence-corrected chi connectivity index (χ4v) is 7.65. The molecule has 9 rings (SSSR count). The summed E-state index contributed by atoms with van der Waals surface area (Å²) < 4.78 is 2.38. The molecule has 0 amide bonds. The van der Waals surface area contributed by atoms with Gasteiger partial charge in [0.15, 0.2) is 0 Å². The largest absolute Gasteiger partial charge is 0.309 e. The van der Waals surface area contributed by atoms with Crippen molar-refractivity contribution in [3.63, 3.8) is 0 Å². The van der Waals surface area contributed by atoms with Crippen LogP contribution in [-0.2, 0) is 13.0 Å². The van der Waals surface area contributed by atoms with E-state index in [4.69, 9.17) is 4.99 Å². The zero-order chi connectivity index (χ0) is 38.1. The third-order valence-corrected chi connectivity index (χ3v) is 10.0. The van der Waals surface area contributed by atoms with Gasteiger partial charge in [-0.3, -0.25) is 9.98 Å². The normalized spacial score (nSPS) is 13.4. The number of allylic oxidation sites excluding steroid dienone is 1. The van der Waals surface area contributed by atoms with Crippen LogP contribution in [0, 0.1) is 0 Å². The predicted molar refractivity (Wildman–Crippen MR) is 238 cm³/mol. The molecule has 1 aromatic heterocycles. The number of rotatable bonds is 7. The number of benzene rings is 7. The summed E-state index contributed by atoms with van der Waals surface area (Å²) >= 11 is 0. The number of fused-ring (bicyclic) bond motifs is 4. The van der Waals surface area contributed by atoms with Gasteiger partial charge in [0.1, 0.15) is 0 Å². The number of para-hydroxylation sites is 2. The quantitative estimate of drug-likeness (QED) is 0.147. The van der Waals surface area contributed by atoms with E-state index in [-0.39, 0.29) is 0 Å². The highest BCUT2D eigenvalue weighted by Gasteiger charge is 2.29. The van der Waals surface area contributed by atoms with Gasteiger partial charge < -0.3 is 4.57 Å². The molecule has 0 atom stereocenters. The third kappa shape index (κ3) is 7.22. The summed E-state index contributed by atoms with van der Waals surface area (Å²) in [5, 5.41) is 2.52. The molecule has 1 aliphatic rings. The molecule has 0 fully saturated rings. The second-order valence-electron chi connectivity index (χ2n) is 13.0. The van der Waals surface area contributed by atoms with Crippen LogP contribution in [-0.4, -0.2) is 17.0 Å². The molecule has 0 radical (unpaired) electrons. The lowest BCUT2D eigenvalue weighted by atomic mass is 9.96. The minimum absolute atomic E-state index is 0.587. The van der Waals surface area contributed by atoms with Crippen molar-refractivity contribution < 1.29 is 0 Å². The van der Waals surface area contributed by atoms with Gasteiger partial charge in [0.05, 0.1) is 29.0 Å². The summed E-state index contributed by atoms with van der Waals surface area (Å²) in [6.07, 6.45) is 0.716. The second kappa shape index (κ2) is 17.0. The highest BCUT2D eigenvalue weighted by atomic mass is 15.0. The second-order valence-corrected chi connectivity index (χ2v) is 13.0. The number of nitrogens with zero attached hydrogens (tertiary/aromatic N) is 3. The van der Waals surface area contributed by atoms with Crippen LogP contribution in [0.15, 0.2) is 191 Å². The number of aliphatic imine (C=N–C) groups is 2. The molecule has 7 aromatic carbocycles. The Bertz CT molecular complexity index is 2570. The van der Waals surface area contributed by atoms with Crippen LogP contribution in [0.2, 0.25) is 0 Å². The summed E-state index contributed by atoms with van der Waals surface area (Å²) in [7, 11) is 0. The molecule has 0 spiro atoms. The first-order chi connectivity index (χ1) is 27.3. The standard InChI is InChI=1S/C48H35N3.2C2H6/c1-49-47(36-28-26-35(27-29-36)34-16-6-3-7-17-34)44-31-43-39(22-13-23-42(43)48(44)50-32-33-14-4-2-5-15-33)37-18-12-19-38(30-37)51-45-24-10-8-20-40(45)41-21-9-11-25-46(41)51;2*1-2/h2-30H,1,31-32H2;2*1-2H3/b47-44-,50-48?;;. The van der Waals surface area contributed by atoms with E-state index in [0.717, 1.165) is 33.8 Å². The van der Waals surface area contributed by atoms with Crippen LogP contribution in [0.3, 0.4) is 0 Å². The van der Waals surface area contributed by atoms with E-state index in [9.17, 15) is 0 Å². The van der Waals surface area contributed by atoms with Crippen molar-refractivity contribution in [2.45, 2.75) is 40.7 Å². The molecule has 270 valence electrons. The minimum Gasteiger partial charge on any atom is -0.309 e. The van der Waals surface area contributed by atoms with Crippen molar-refractivity contribution in [2.75, 3.05) is 0 Å². The molecule has 0 saturated carbocycles. The maximum Gasteiger partial charge on any atom is 0.0751 e. The lowest BCUT2D eigenvalue weighted by molar-refractivity contribution is 1.07. The summed E-state index contributed by atoms with van der Waals surface area (Å²) in [6.45, 7) is 12.7. The molecular weight excluding hydrogens is 667 g/mol. The van der Waals surface area contributed by atoms with E-state index in [0.29, 0.717) is 13.0 Å². The van der Waals surface area contributed by atoms with Crippen LogP contribution >= 0.6 is 0 Å². The average molecular weight is 714 g/mol. The molecule has 3 nitrogen and oxygen atoms in total.